The summed E-state index contributed by atoms with van der Waals surface area (Å²) in [5, 5.41) is 0.0893. The summed E-state index contributed by atoms with van der Waals surface area (Å²) >= 11 is 0. The third kappa shape index (κ3) is 3.35. The van der Waals surface area contributed by atoms with E-state index in [0.29, 0.717) is 5.69 Å². The summed E-state index contributed by atoms with van der Waals surface area (Å²) in [5.74, 6) is 0. The highest BCUT2D eigenvalue weighted by Gasteiger charge is 2.37. The predicted molar refractivity (Wildman–Crippen MR) is 82.8 cm³/mol. The van der Waals surface area contributed by atoms with Crippen molar-refractivity contribution in [2.45, 2.75) is 43.8 Å². The van der Waals surface area contributed by atoms with E-state index in [1.54, 1.807) is 18.4 Å². The van der Waals surface area contributed by atoms with Gasteiger partial charge >= 0.3 is 0 Å². The van der Waals surface area contributed by atoms with Gasteiger partial charge in [-0.2, -0.15) is 0 Å². The molecule has 1 unspecified atom stereocenters. The van der Waals surface area contributed by atoms with Crippen LogP contribution in [-0.2, 0) is 9.73 Å². The molecule has 5 heteroatoms. The first-order valence-corrected chi connectivity index (χ1v) is 10.9. The third-order valence-corrected chi connectivity index (χ3v) is 11.6. The van der Waals surface area contributed by atoms with Crippen LogP contribution in [0.25, 0.3) is 0 Å². The van der Waals surface area contributed by atoms with Crippen LogP contribution in [0.5, 0.6) is 0 Å². The van der Waals surface area contributed by atoms with Crippen LogP contribution in [0.3, 0.4) is 0 Å². The lowest BCUT2D eigenvalue weighted by Gasteiger charge is -2.33. The summed E-state index contributed by atoms with van der Waals surface area (Å²) in [6.45, 7) is 10.8. The van der Waals surface area contributed by atoms with Crippen molar-refractivity contribution in [3.63, 3.8) is 0 Å². The molecule has 0 spiro atoms. The zero-order chi connectivity index (χ0) is 14.2. The number of nitrogens with zero attached hydrogens (tertiary/aromatic N) is 1. The van der Waals surface area contributed by atoms with E-state index in [9.17, 15) is 4.21 Å². The molecular formula is C13H24N2OSSi. The molecule has 0 saturated carbocycles. The Morgan fingerprint density at radius 1 is 1.28 bits per heavy atom. The smallest absolute Gasteiger partial charge is 0.193 e. The molecular weight excluding hydrogens is 260 g/mol. The third-order valence-electron chi connectivity index (χ3n) is 3.53. The highest BCUT2D eigenvalue weighted by atomic mass is 32.2. The van der Waals surface area contributed by atoms with Gasteiger partial charge in [0.25, 0.3) is 0 Å². The molecule has 0 aliphatic carbocycles. The highest BCUT2D eigenvalue weighted by molar-refractivity contribution is 7.93. The van der Waals surface area contributed by atoms with E-state index in [2.05, 4.69) is 33.9 Å². The van der Waals surface area contributed by atoms with E-state index < -0.39 is 18.0 Å². The molecule has 0 amide bonds. The van der Waals surface area contributed by atoms with E-state index in [1.165, 1.54) is 0 Å². The number of hydrogen-bond donors (Lipinski definition) is 1. The van der Waals surface area contributed by atoms with Gasteiger partial charge in [-0.15, -0.1) is 0 Å². The van der Waals surface area contributed by atoms with Gasteiger partial charge in [-0.3, -0.25) is 4.03 Å². The van der Waals surface area contributed by atoms with Crippen LogP contribution in [0.1, 0.15) is 20.8 Å². The molecule has 1 aromatic rings. The van der Waals surface area contributed by atoms with E-state index in [4.69, 9.17) is 9.76 Å². The van der Waals surface area contributed by atoms with Crippen molar-refractivity contribution in [2.24, 2.45) is 4.03 Å². The Balaban J connectivity index is 3.35. The van der Waals surface area contributed by atoms with Crippen molar-refractivity contribution < 1.29 is 4.21 Å². The first kappa shape index (κ1) is 15.2. The summed E-state index contributed by atoms with van der Waals surface area (Å²) in [6.07, 6.45) is 1.71. The molecule has 0 fully saturated rings. The molecule has 3 nitrogen and oxygen atoms in total. The molecule has 0 aliphatic heterocycles. The average molecular weight is 285 g/mol. The lowest BCUT2D eigenvalue weighted by Crippen LogP contribution is -2.36. The molecule has 0 aromatic heterocycles. The van der Waals surface area contributed by atoms with Gasteiger partial charge in [0.1, 0.15) is 0 Å². The molecule has 18 heavy (non-hydrogen) atoms. The fourth-order valence-corrected chi connectivity index (χ4v) is 7.06. The minimum absolute atomic E-state index is 0.0893. The second-order valence-electron chi connectivity index (χ2n) is 6.28. The highest BCUT2D eigenvalue weighted by Crippen LogP contribution is 2.38. The van der Waals surface area contributed by atoms with Gasteiger partial charge in [-0.1, -0.05) is 26.8 Å². The second kappa shape index (κ2) is 4.70. The summed E-state index contributed by atoms with van der Waals surface area (Å²) < 4.78 is 17.5. The first-order valence-electron chi connectivity index (χ1n) is 6.05. The largest absolute Gasteiger partial charge is 0.399 e. The summed E-state index contributed by atoms with van der Waals surface area (Å²) in [4.78, 5) is 0.729. The zero-order valence-corrected chi connectivity index (χ0v) is 14.0. The van der Waals surface area contributed by atoms with E-state index in [1.807, 2.05) is 12.1 Å². The Labute approximate surface area is 112 Å². The molecule has 0 saturated heterocycles. The monoisotopic (exact) mass is 284 g/mol. The molecule has 0 radical (unpaired) electrons. The van der Waals surface area contributed by atoms with Crippen molar-refractivity contribution in [1.29, 1.82) is 0 Å². The van der Waals surface area contributed by atoms with E-state index in [0.717, 1.165) is 4.90 Å². The van der Waals surface area contributed by atoms with Gasteiger partial charge in [0.2, 0.25) is 0 Å². The fraction of sp³-hybridized carbons (Fsp3) is 0.538. The molecule has 0 heterocycles. The summed E-state index contributed by atoms with van der Waals surface area (Å²) in [7, 11) is -4.30. The van der Waals surface area contributed by atoms with Gasteiger partial charge in [0, 0.05) is 16.8 Å². The van der Waals surface area contributed by atoms with E-state index in [-0.39, 0.29) is 5.04 Å². The Kier molecular flexibility index (Phi) is 3.98. The average Bonchev–Trinajstić information content (AvgIpc) is 2.14. The van der Waals surface area contributed by atoms with Crippen LogP contribution in [0.2, 0.25) is 18.1 Å². The summed E-state index contributed by atoms with van der Waals surface area (Å²) in [5.41, 5.74) is 6.38. The maximum atomic E-state index is 12.8. The number of anilines is 1. The number of benzene rings is 1. The van der Waals surface area contributed by atoms with Gasteiger partial charge in [-0.05, 0) is 36.3 Å². The van der Waals surface area contributed by atoms with Crippen LogP contribution in [0.15, 0.2) is 33.2 Å². The SMILES string of the molecule is CC(C)(C)[Si](C)(C)N=S(C)(=O)c1cccc(N)c1. The Morgan fingerprint density at radius 3 is 2.28 bits per heavy atom. The van der Waals surface area contributed by atoms with E-state index >= 15 is 0 Å². The topological polar surface area (TPSA) is 55.5 Å². The van der Waals surface area contributed by atoms with Crippen LogP contribution < -0.4 is 5.73 Å². The molecule has 0 aliphatic rings. The van der Waals surface area contributed by atoms with Crippen LogP contribution in [0.4, 0.5) is 5.69 Å². The van der Waals surface area contributed by atoms with Crippen molar-refractivity contribution in [2.75, 3.05) is 12.0 Å². The van der Waals surface area contributed by atoms with Crippen molar-refractivity contribution in [3.05, 3.63) is 24.3 Å². The van der Waals surface area contributed by atoms with Gasteiger partial charge < -0.3 is 5.73 Å². The van der Waals surface area contributed by atoms with Gasteiger partial charge in [0.05, 0.1) is 9.73 Å². The minimum atomic E-state index is -2.37. The number of nitrogen functional groups attached to an aromatic ring is 1. The van der Waals surface area contributed by atoms with Crippen molar-refractivity contribution in [1.82, 2.24) is 0 Å². The molecule has 1 atom stereocenters. The zero-order valence-electron chi connectivity index (χ0n) is 12.2. The Bertz CT molecular complexity index is 552. The molecule has 2 N–H and O–H groups in total. The number of rotatable bonds is 2. The standard InChI is InChI=1S/C13H24N2OSSi/c1-13(2,3)18(5,6)15-17(4,16)12-9-7-8-11(14)10-12/h7-10H,14H2,1-6H3. The molecule has 0 bridgehead atoms. The number of nitrogens with two attached hydrogens (primary N) is 1. The van der Waals surface area contributed by atoms with Gasteiger partial charge in [-0.25, -0.2) is 4.21 Å². The predicted octanol–water partition coefficient (Wildman–Crippen LogP) is 3.73. The first-order chi connectivity index (χ1) is 7.96. The quantitative estimate of drug-likeness (QED) is 0.664. The second-order valence-corrected chi connectivity index (χ2v) is 13.7. The Morgan fingerprint density at radius 2 is 1.83 bits per heavy atom. The van der Waals surface area contributed by atoms with Crippen molar-refractivity contribution in [3.8, 4) is 0 Å². The lowest BCUT2D eigenvalue weighted by molar-refractivity contribution is 0.678. The Hall–Kier alpha value is -0.813. The van der Waals surface area contributed by atoms with Crippen LogP contribution >= 0.6 is 0 Å². The minimum Gasteiger partial charge on any atom is -0.399 e. The van der Waals surface area contributed by atoms with Crippen LogP contribution in [-0.4, -0.2) is 18.7 Å². The van der Waals surface area contributed by atoms with Crippen molar-refractivity contribution >= 4 is 23.7 Å². The molecule has 1 rings (SSSR count). The summed E-state index contributed by atoms with van der Waals surface area (Å²) in [6, 6.07) is 7.23. The fourth-order valence-electron chi connectivity index (χ4n) is 1.38. The van der Waals surface area contributed by atoms with Crippen LogP contribution in [0, 0.1) is 0 Å². The van der Waals surface area contributed by atoms with Gasteiger partial charge in [0.15, 0.2) is 8.24 Å². The molecule has 102 valence electrons. The number of hydrogen-bond acceptors (Lipinski definition) is 3. The normalized spacial score (nSPS) is 16.1. The maximum absolute atomic E-state index is 12.8. The molecule has 1 aromatic carbocycles. The lowest BCUT2D eigenvalue weighted by atomic mass is 10.2. The maximum Gasteiger partial charge on any atom is 0.193 e.